The van der Waals surface area contributed by atoms with Crippen molar-refractivity contribution in [3.8, 4) is 0 Å². The summed E-state index contributed by atoms with van der Waals surface area (Å²) >= 11 is 5.15. The summed E-state index contributed by atoms with van der Waals surface area (Å²) in [5.41, 5.74) is 0. The molecule has 0 aliphatic carbocycles. The van der Waals surface area contributed by atoms with Gasteiger partial charge >= 0.3 is 293 Å². The van der Waals surface area contributed by atoms with Crippen LogP contribution in [-0.2, 0) is 0 Å². The van der Waals surface area contributed by atoms with Gasteiger partial charge < -0.3 is 23.3 Å². The quantitative estimate of drug-likeness (QED) is 0.0374. The predicted molar refractivity (Wildman–Crippen MR) is 208 cm³/mol. The Morgan fingerprint density at radius 2 is 0.370 bits per heavy atom. The van der Waals surface area contributed by atoms with Crippen LogP contribution < -0.4 is 14.7 Å². The maximum atomic E-state index is 8.48. The van der Waals surface area contributed by atoms with Gasteiger partial charge in [-0.25, -0.2) is 0 Å². The molecule has 3 nitrogen and oxygen atoms in total. The van der Waals surface area contributed by atoms with E-state index in [-0.39, 0.29) is 0 Å². The smallest absolute Gasteiger partial charge is 0.438 e. The fraction of sp³-hybridized carbons (Fsp3) is 1.00. The molecule has 0 N–H and O–H groups in total. The van der Waals surface area contributed by atoms with E-state index >= 15 is 0 Å². The van der Waals surface area contributed by atoms with Crippen molar-refractivity contribution in [2.75, 3.05) is 0 Å². The fourth-order valence-corrected chi connectivity index (χ4v) is 7.51. The summed E-state index contributed by atoms with van der Waals surface area (Å²) in [7, 11) is -3.37. The molecule has 0 heterocycles. The molecule has 0 rings (SSSR count). The zero-order valence-corrected chi connectivity index (χ0v) is 41.1. The van der Waals surface area contributed by atoms with Gasteiger partial charge in [-0.2, -0.15) is 0 Å². The first-order valence-electron chi connectivity index (χ1n) is 20.2. The third-order valence-corrected chi connectivity index (χ3v) is 11.4. The Kier molecular flexibility index (Phi) is 72.1. The molecule has 0 saturated heterocycles. The summed E-state index contributed by atoms with van der Waals surface area (Å²) in [5, 5.41) is 0. The first-order chi connectivity index (χ1) is 22.5. The fourth-order valence-electron chi connectivity index (χ4n) is 5.37. The van der Waals surface area contributed by atoms with E-state index in [0.29, 0.717) is 0 Å². The van der Waals surface area contributed by atoms with Crippen molar-refractivity contribution in [3.05, 3.63) is 0 Å². The van der Waals surface area contributed by atoms with Gasteiger partial charge in [-0.15, -0.1) is 0 Å². The molecular formula is C39H81O3PSn3. The first kappa shape index (κ1) is 55.5. The van der Waals surface area contributed by atoms with Crippen LogP contribution in [0.25, 0.3) is 0 Å². The van der Waals surface area contributed by atoms with Crippen LogP contribution >= 0.6 is 8.60 Å². The zero-order chi connectivity index (χ0) is 35.0. The van der Waals surface area contributed by atoms with Gasteiger partial charge in [0.05, 0.1) is 0 Å². The van der Waals surface area contributed by atoms with Crippen LogP contribution in [0.4, 0.5) is 0 Å². The number of rotatable bonds is 33. The topological polar surface area (TPSA) is 69.2 Å². The Hall–Kier alpha value is 2.71. The molecule has 0 atom stereocenters. The van der Waals surface area contributed by atoms with Crippen LogP contribution in [0.1, 0.15) is 233 Å². The molecule has 0 aromatic rings. The molecule has 0 unspecified atom stereocenters. The monoisotopic (exact) mass is 988 g/mol. The molecule has 7 heteroatoms. The third-order valence-electron chi connectivity index (χ3n) is 8.34. The number of hydrogen-bond acceptors (Lipinski definition) is 3. The molecule has 0 fully saturated rings. The second-order valence-electron chi connectivity index (χ2n) is 13.1. The molecule has 0 spiro atoms. The second-order valence-corrected chi connectivity index (χ2v) is 17.8. The molecule has 6 radical (unpaired) electrons. The molecule has 0 aromatic heterocycles. The van der Waals surface area contributed by atoms with Gasteiger partial charge in [0.1, 0.15) is 0 Å². The van der Waals surface area contributed by atoms with Gasteiger partial charge in [-0.3, -0.25) is 0 Å². The van der Waals surface area contributed by atoms with Crippen molar-refractivity contribution in [2.45, 2.75) is 246 Å². The summed E-state index contributed by atoms with van der Waals surface area (Å²) in [5.74, 6) is 0. The van der Waals surface area contributed by atoms with E-state index in [4.69, 9.17) is 14.7 Å². The van der Waals surface area contributed by atoms with Crippen molar-refractivity contribution < 1.29 is 14.7 Å². The second kappa shape index (κ2) is 59.8. The van der Waals surface area contributed by atoms with Crippen molar-refractivity contribution in [2.24, 2.45) is 0 Å². The Balaban J connectivity index is -0.000000271. The van der Waals surface area contributed by atoms with E-state index in [9.17, 15) is 0 Å². The van der Waals surface area contributed by atoms with E-state index in [1.54, 1.807) is 67.6 Å². The van der Waals surface area contributed by atoms with Crippen LogP contribution in [0, 0.1) is 0 Å². The van der Waals surface area contributed by atoms with E-state index in [1.807, 2.05) is 0 Å². The minimum absolute atomic E-state index is 1.37. The Labute approximate surface area is 333 Å². The Morgan fingerprint density at radius 1 is 0.261 bits per heavy atom. The molecule has 0 bridgehead atoms. The molecule has 46 heavy (non-hydrogen) atoms. The standard InChI is InChI=1S/3C13H27.O3P.3Sn/c3*1-3-5-7-9-11-13-12-10-8-6-4-2;1-4(2)3;;;/h3*1,3-13H2,2H3;;;;/q;;;-3;3*+1. The number of hydrogen-bond donors (Lipinski definition) is 0. The normalized spacial score (nSPS) is 10.5. The molecule has 0 amide bonds. The molecule has 0 aliphatic rings. The van der Waals surface area contributed by atoms with Crippen LogP contribution in [0.2, 0.25) is 13.3 Å². The third kappa shape index (κ3) is 76.5. The van der Waals surface area contributed by atoms with Crippen molar-refractivity contribution in [3.63, 3.8) is 0 Å². The van der Waals surface area contributed by atoms with Crippen LogP contribution in [0.3, 0.4) is 0 Å². The average molecular weight is 985 g/mol. The van der Waals surface area contributed by atoms with Gasteiger partial charge in [0.15, 0.2) is 0 Å². The van der Waals surface area contributed by atoms with E-state index in [1.165, 1.54) is 225 Å². The largest absolute Gasteiger partial charge is 0.854 e. The van der Waals surface area contributed by atoms with Gasteiger partial charge in [0.2, 0.25) is 0 Å². The van der Waals surface area contributed by atoms with E-state index in [0.717, 1.165) is 0 Å². The summed E-state index contributed by atoms with van der Waals surface area (Å²) < 4.78 is 4.39. The minimum atomic E-state index is -3.37. The summed E-state index contributed by atoms with van der Waals surface area (Å²) in [6.07, 6.45) is 48.5. The molecule has 0 aliphatic heterocycles. The maximum absolute atomic E-state index is 8.48. The zero-order valence-electron chi connectivity index (χ0n) is 31.6. The Bertz CT molecular complexity index is 353. The van der Waals surface area contributed by atoms with Gasteiger partial charge in [-0.05, 0) is 0 Å². The van der Waals surface area contributed by atoms with Crippen molar-refractivity contribution in [1.82, 2.24) is 0 Å². The summed E-state index contributed by atoms with van der Waals surface area (Å²) in [6, 6.07) is 0. The summed E-state index contributed by atoms with van der Waals surface area (Å²) in [4.78, 5) is 25.4. The van der Waals surface area contributed by atoms with Gasteiger partial charge in [0.25, 0.3) is 0 Å². The molecule has 0 aromatic carbocycles. The van der Waals surface area contributed by atoms with Crippen LogP contribution in [-0.4, -0.2) is 67.6 Å². The van der Waals surface area contributed by atoms with E-state index < -0.39 is 8.60 Å². The number of unbranched alkanes of at least 4 members (excludes halogenated alkanes) is 30. The van der Waals surface area contributed by atoms with Crippen LogP contribution in [0.5, 0.6) is 0 Å². The summed E-state index contributed by atoms with van der Waals surface area (Å²) in [6.45, 7) is 6.86. The SMILES string of the molecule is CCCCCCCCCCCC[CH2][Sn+].CCCCCCCCCCCC[CH2][Sn+].CCCCCCCCCCCC[CH2][Sn+].[O-]P([O-])[O-]. The van der Waals surface area contributed by atoms with Gasteiger partial charge in [-0.1, -0.05) is 20.8 Å². The molecule has 0 saturated carbocycles. The minimum Gasteiger partial charge on any atom is -0.854 e. The molecular weight excluding hydrogens is 904 g/mol. The van der Waals surface area contributed by atoms with Crippen molar-refractivity contribution in [1.29, 1.82) is 0 Å². The average Bonchev–Trinajstić information content (AvgIpc) is 3.04. The van der Waals surface area contributed by atoms with Crippen LogP contribution in [0.15, 0.2) is 0 Å². The maximum Gasteiger partial charge on any atom is -0.438 e. The predicted octanol–water partition coefficient (Wildman–Crippen LogP) is 11.9. The molecule has 272 valence electrons. The van der Waals surface area contributed by atoms with Crippen molar-refractivity contribution >= 4 is 76.2 Å². The van der Waals surface area contributed by atoms with Gasteiger partial charge in [0, 0.05) is 0 Å². The Morgan fingerprint density at radius 3 is 0.478 bits per heavy atom. The van der Waals surface area contributed by atoms with E-state index in [2.05, 4.69) is 20.8 Å². The first-order valence-corrected chi connectivity index (χ1v) is 27.4.